The van der Waals surface area contributed by atoms with E-state index < -0.39 is 5.82 Å². The van der Waals surface area contributed by atoms with Gasteiger partial charge in [-0.25, -0.2) is 9.37 Å². The number of hydrogen-bond acceptors (Lipinski definition) is 3. The van der Waals surface area contributed by atoms with Crippen molar-refractivity contribution < 1.29 is 9.13 Å². The van der Waals surface area contributed by atoms with Crippen molar-refractivity contribution in [2.75, 3.05) is 6.54 Å². The largest absolute Gasteiger partial charge is 0.436 e. The number of pyridine rings is 1. The zero-order chi connectivity index (χ0) is 15.4. The Morgan fingerprint density at radius 3 is 2.57 bits per heavy atom. The van der Waals surface area contributed by atoms with Crippen LogP contribution in [-0.4, -0.2) is 11.5 Å². The van der Waals surface area contributed by atoms with Crippen molar-refractivity contribution in [2.24, 2.45) is 0 Å². The molecular formula is C17H21FN2O. The number of nitrogens with zero attached hydrogens (tertiary/aromatic N) is 1. The van der Waals surface area contributed by atoms with Gasteiger partial charge in [-0.1, -0.05) is 19.1 Å². The van der Waals surface area contributed by atoms with Gasteiger partial charge >= 0.3 is 0 Å². The zero-order valence-electron chi connectivity index (χ0n) is 13.0. The SMILES string of the molecule is CCNCc1ccnc(Oc2c(C)ccc(C)c2C)c1F. The van der Waals surface area contributed by atoms with Crippen LogP contribution in [0.2, 0.25) is 0 Å². The van der Waals surface area contributed by atoms with E-state index in [1.807, 2.05) is 39.8 Å². The van der Waals surface area contributed by atoms with E-state index in [9.17, 15) is 4.39 Å². The molecule has 0 amide bonds. The lowest BCUT2D eigenvalue weighted by atomic mass is 10.1. The average Bonchev–Trinajstić information content (AvgIpc) is 2.48. The van der Waals surface area contributed by atoms with E-state index in [0.717, 1.165) is 23.2 Å². The van der Waals surface area contributed by atoms with E-state index in [1.165, 1.54) is 0 Å². The van der Waals surface area contributed by atoms with Gasteiger partial charge in [-0.15, -0.1) is 0 Å². The minimum Gasteiger partial charge on any atom is -0.436 e. The van der Waals surface area contributed by atoms with Gasteiger partial charge in [0.2, 0.25) is 0 Å². The van der Waals surface area contributed by atoms with E-state index in [4.69, 9.17) is 4.74 Å². The summed E-state index contributed by atoms with van der Waals surface area (Å²) in [6, 6.07) is 5.67. The van der Waals surface area contributed by atoms with Gasteiger partial charge in [-0.2, -0.15) is 0 Å². The minimum absolute atomic E-state index is 0.0298. The van der Waals surface area contributed by atoms with Crippen LogP contribution in [0.3, 0.4) is 0 Å². The molecule has 21 heavy (non-hydrogen) atoms. The van der Waals surface area contributed by atoms with Crippen molar-refractivity contribution >= 4 is 0 Å². The number of aryl methyl sites for hydroxylation is 2. The van der Waals surface area contributed by atoms with Gasteiger partial charge in [0, 0.05) is 18.3 Å². The third kappa shape index (κ3) is 3.39. The average molecular weight is 288 g/mol. The second-order valence-corrected chi connectivity index (χ2v) is 5.13. The van der Waals surface area contributed by atoms with Crippen molar-refractivity contribution in [1.82, 2.24) is 10.3 Å². The summed E-state index contributed by atoms with van der Waals surface area (Å²) < 4.78 is 20.2. The first kappa shape index (κ1) is 15.4. The van der Waals surface area contributed by atoms with Crippen LogP contribution in [0.25, 0.3) is 0 Å². The highest BCUT2D eigenvalue weighted by atomic mass is 19.1. The van der Waals surface area contributed by atoms with Gasteiger partial charge in [0.15, 0.2) is 5.82 Å². The fraction of sp³-hybridized carbons (Fsp3) is 0.353. The lowest BCUT2D eigenvalue weighted by molar-refractivity contribution is 0.412. The van der Waals surface area contributed by atoms with Crippen LogP contribution >= 0.6 is 0 Å². The molecule has 0 unspecified atom stereocenters. The molecule has 0 bridgehead atoms. The standard InChI is InChI=1S/C17H21FN2O/c1-5-19-10-14-8-9-20-17(15(14)18)21-16-12(3)7-6-11(2)13(16)4/h6-9,19H,5,10H2,1-4H3. The number of rotatable bonds is 5. The predicted octanol–water partition coefficient (Wildman–Crippen LogP) is 4.05. The van der Waals surface area contributed by atoms with Crippen molar-refractivity contribution in [2.45, 2.75) is 34.2 Å². The summed E-state index contributed by atoms with van der Waals surface area (Å²) in [7, 11) is 0. The Kier molecular flexibility index (Phi) is 4.91. The fourth-order valence-corrected chi connectivity index (χ4v) is 2.11. The van der Waals surface area contributed by atoms with E-state index in [1.54, 1.807) is 12.3 Å². The third-order valence-corrected chi connectivity index (χ3v) is 3.57. The molecule has 3 nitrogen and oxygen atoms in total. The number of nitrogens with one attached hydrogen (secondary N) is 1. The molecule has 1 aromatic carbocycles. The lowest BCUT2D eigenvalue weighted by Gasteiger charge is -2.14. The van der Waals surface area contributed by atoms with E-state index in [0.29, 0.717) is 17.9 Å². The second-order valence-electron chi connectivity index (χ2n) is 5.13. The molecule has 0 saturated heterocycles. The number of aromatic nitrogens is 1. The molecule has 0 radical (unpaired) electrons. The Labute approximate surface area is 125 Å². The monoisotopic (exact) mass is 288 g/mol. The molecule has 2 aromatic rings. The number of hydrogen-bond donors (Lipinski definition) is 1. The van der Waals surface area contributed by atoms with Gasteiger partial charge < -0.3 is 10.1 Å². The topological polar surface area (TPSA) is 34.2 Å². The molecule has 0 spiro atoms. The first-order chi connectivity index (χ1) is 10.0. The Bertz CT molecular complexity index is 641. The highest BCUT2D eigenvalue weighted by Gasteiger charge is 2.14. The zero-order valence-corrected chi connectivity index (χ0v) is 13.0. The molecule has 1 aromatic heterocycles. The molecule has 112 valence electrons. The summed E-state index contributed by atoms with van der Waals surface area (Å²) in [5, 5.41) is 3.11. The molecule has 0 fully saturated rings. The van der Waals surface area contributed by atoms with Crippen molar-refractivity contribution in [3.8, 4) is 11.6 Å². The van der Waals surface area contributed by atoms with E-state index in [-0.39, 0.29) is 5.88 Å². The van der Waals surface area contributed by atoms with Gasteiger partial charge in [0.05, 0.1) is 0 Å². The van der Waals surface area contributed by atoms with Crippen LogP contribution in [0.1, 0.15) is 29.2 Å². The van der Waals surface area contributed by atoms with Crippen LogP contribution in [0.15, 0.2) is 24.4 Å². The maximum Gasteiger partial charge on any atom is 0.256 e. The summed E-state index contributed by atoms with van der Waals surface area (Å²) in [5.41, 5.74) is 3.65. The Morgan fingerprint density at radius 2 is 1.86 bits per heavy atom. The fourth-order valence-electron chi connectivity index (χ4n) is 2.11. The molecule has 0 aliphatic carbocycles. The smallest absolute Gasteiger partial charge is 0.256 e. The highest BCUT2D eigenvalue weighted by Crippen LogP contribution is 2.31. The van der Waals surface area contributed by atoms with Crippen LogP contribution in [0, 0.1) is 26.6 Å². The Morgan fingerprint density at radius 1 is 1.14 bits per heavy atom. The summed E-state index contributed by atoms with van der Waals surface area (Å²) in [5.74, 6) is 0.308. The van der Waals surface area contributed by atoms with Gasteiger partial charge in [-0.05, 0) is 50.1 Å². The molecule has 2 rings (SSSR count). The predicted molar refractivity (Wildman–Crippen MR) is 82.3 cm³/mol. The quantitative estimate of drug-likeness (QED) is 0.901. The first-order valence-electron chi connectivity index (χ1n) is 7.13. The molecule has 0 saturated carbocycles. The molecule has 0 aliphatic rings. The van der Waals surface area contributed by atoms with Crippen LogP contribution in [-0.2, 0) is 6.54 Å². The minimum atomic E-state index is -0.404. The van der Waals surface area contributed by atoms with Crippen LogP contribution in [0.5, 0.6) is 11.6 Å². The normalized spacial score (nSPS) is 10.7. The van der Waals surface area contributed by atoms with Gasteiger partial charge in [-0.3, -0.25) is 0 Å². The Hall–Kier alpha value is -1.94. The van der Waals surface area contributed by atoms with E-state index in [2.05, 4.69) is 10.3 Å². The molecule has 0 aliphatic heterocycles. The second kappa shape index (κ2) is 6.68. The first-order valence-corrected chi connectivity index (χ1v) is 7.13. The number of benzene rings is 1. The van der Waals surface area contributed by atoms with Gasteiger partial charge in [0.1, 0.15) is 5.75 Å². The highest BCUT2D eigenvalue weighted by molar-refractivity contribution is 5.46. The van der Waals surface area contributed by atoms with Crippen LogP contribution in [0.4, 0.5) is 4.39 Å². The number of ether oxygens (including phenoxy) is 1. The van der Waals surface area contributed by atoms with Crippen molar-refractivity contribution in [3.63, 3.8) is 0 Å². The molecule has 4 heteroatoms. The third-order valence-electron chi connectivity index (χ3n) is 3.57. The van der Waals surface area contributed by atoms with Gasteiger partial charge in [0.25, 0.3) is 5.88 Å². The maximum atomic E-state index is 14.4. The summed E-state index contributed by atoms with van der Waals surface area (Å²) in [4.78, 5) is 4.03. The molecular weight excluding hydrogens is 267 g/mol. The summed E-state index contributed by atoms with van der Waals surface area (Å²) in [6.45, 7) is 9.16. The Balaban J connectivity index is 2.34. The van der Waals surface area contributed by atoms with Crippen molar-refractivity contribution in [3.05, 3.63) is 52.5 Å². The summed E-state index contributed by atoms with van der Waals surface area (Å²) >= 11 is 0. The van der Waals surface area contributed by atoms with E-state index >= 15 is 0 Å². The molecule has 1 heterocycles. The molecule has 0 atom stereocenters. The maximum absolute atomic E-state index is 14.4. The molecule has 1 N–H and O–H groups in total. The lowest BCUT2D eigenvalue weighted by Crippen LogP contribution is -2.13. The summed E-state index contributed by atoms with van der Waals surface area (Å²) in [6.07, 6.45) is 1.57. The number of halogens is 1. The van der Waals surface area contributed by atoms with Crippen LogP contribution < -0.4 is 10.1 Å². The van der Waals surface area contributed by atoms with Crippen molar-refractivity contribution in [1.29, 1.82) is 0 Å².